The van der Waals surface area contributed by atoms with E-state index in [0.717, 1.165) is 0 Å². The number of nitrogens with zero attached hydrogens (tertiary/aromatic N) is 2. The molecule has 0 bridgehead atoms. The van der Waals surface area contributed by atoms with Gasteiger partial charge in [0.1, 0.15) is 10.4 Å². The van der Waals surface area contributed by atoms with Gasteiger partial charge in [0, 0.05) is 0 Å². The third kappa shape index (κ3) is 2.01. The Labute approximate surface area is 116 Å². The molecule has 21 heavy (non-hydrogen) atoms. The van der Waals surface area contributed by atoms with Gasteiger partial charge in [0.15, 0.2) is 10.7 Å². The van der Waals surface area contributed by atoms with Crippen LogP contribution in [0.1, 0.15) is 10.6 Å². The molecule has 0 saturated carbocycles. The molecule has 0 aliphatic rings. The topological polar surface area (TPSA) is 43.3 Å². The molecular weight excluding hydrogens is 320 g/mol. The van der Waals surface area contributed by atoms with Crippen LogP contribution in [0.3, 0.4) is 0 Å². The number of thiazole rings is 1. The minimum absolute atomic E-state index is 0.0444. The highest BCUT2D eigenvalue weighted by Gasteiger charge is 2.48. The summed E-state index contributed by atoms with van der Waals surface area (Å²) in [6.07, 6.45) is -10.3. The molecular formula is C11H5F6N3S. The van der Waals surface area contributed by atoms with Crippen LogP contribution in [0.15, 0.2) is 18.2 Å². The Balaban J connectivity index is 2.52. The van der Waals surface area contributed by atoms with Crippen LogP contribution in [0.25, 0.3) is 16.0 Å². The molecule has 0 atom stereocenters. The SMILES string of the molecule is Nc1cccc2c1nc1sc(C(F)(F)F)c(C(F)(F)F)n12. The molecule has 3 nitrogen and oxygen atoms in total. The van der Waals surface area contributed by atoms with Crippen LogP contribution in [0.5, 0.6) is 0 Å². The van der Waals surface area contributed by atoms with Gasteiger partial charge in [0.05, 0.1) is 11.2 Å². The lowest BCUT2D eigenvalue weighted by Crippen LogP contribution is -2.16. The van der Waals surface area contributed by atoms with Gasteiger partial charge in [-0.25, -0.2) is 4.98 Å². The summed E-state index contributed by atoms with van der Waals surface area (Å²) >= 11 is -0.0566. The predicted octanol–water partition coefficient (Wildman–Crippen LogP) is 4.17. The third-order valence-corrected chi connectivity index (χ3v) is 3.93. The molecule has 3 rings (SSSR count). The molecule has 0 aliphatic heterocycles. The highest BCUT2D eigenvalue weighted by molar-refractivity contribution is 7.17. The number of anilines is 1. The molecule has 10 heteroatoms. The van der Waals surface area contributed by atoms with Gasteiger partial charge in [0.25, 0.3) is 0 Å². The number of benzene rings is 1. The molecule has 0 radical (unpaired) electrons. The second-order valence-corrected chi connectivity index (χ2v) is 5.20. The van der Waals surface area contributed by atoms with Crippen LogP contribution >= 0.6 is 11.3 Å². The number of imidazole rings is 1. The van der Waals surface area contributed by atoms with Crippen molar-refractivity contribution in [1.29, 1.82) is 0 Å². The highest BCUT2D eigenvalue weighted by Crippen LogP contribution is 2.46. The standard InChI is InChI=1S/C11H5F6N3S/c12-10(13,14)7-8(11(15,16)17)21-9-19-6-4(18)2-1-3-5(6)20(7)9/h1-3H,18H2. The summed E-state index contributed by atoms with van der Waals surface area (Å²) < 4.78 is 78.1. The second-order valence-electron chi connectivity index (χ2n) is 4.22. The lowest BCUT2D eigenvalue weighted by molar-refractivity contribution is -0.162. The van der Waals surface area contributed by atoms with E-state index in [4.69, 9.17) is 5.73 Å². The number of alkyl halides is 6. The molecule has 0 amide bonds. The first kappa shape index (κ1) is 14.0. The number of halogens is 6. The minimum Gasteiger partial charge on any atom is -0.397 e. The summed E-state index contributed by atoms with van der Waals surface area (Å²) in [5.74, 6) is 0. The maximum Gasteiger partial charge on any atom is 0.433 e. The van der Waals surface area contributed by atoms with Crippen LogP contribution in [-0.4, -0.2) is 9.38 Å². The molecule has 2 aromatic heterocycles. The zero-order valence-electron chi connectivity index (χ0n) is 9.88. The van der Waals surface area contributed by atoms with Crippen molar-refractivity contribution in [2.45, 2.75) is 12.4 Å². The van der Waals surface area contributed by atoms with Crippen molar-refractivity contribution in [2.75, 3.05) is 5.73 Å². The molecule has 0 fully saturated rings. The monoisotopic (exact) mass is 325 g/mol. The van der Waals surface area contributed by atoms with E-state index in [9.17, 15) is 26.3 Å². The van der Waals surface area contributed by atoms with Crippen molar-refractivity contribution < 1.29 is 26.3 Å². The van der Waals surface area contributed by atoms with E-state index in [1.165, 1.54) is 18.2 Å². The van der Waals surface area contributed by atoms with Crippen LogP contribution in [0, 0.1) is 0 Å². The average Bonchev–Trinajstić information content (AvgIpc) is 2.83. The fraction of sp³-hybridized carbons (Fsp3) is 0.182. The summed E-state index contributed by atoms with van der Waals surface area (Å²) in [7, 11) is 0. The number of para-hydroxylation sites is 1. The van der Waals surface area contributed by atoms with Crippen molar-refractivity contribution in [3.8, 4) is 0 Å². The Morgan fingerprint density at radius 1 is 1.05 bits per heavy atom. The predicted molar refractivity (Wildman–Crippen MR) is 65.0 cm³/mol. The molecule has 3 aromatic rings. The van der Waals surface area contributed by atoms with Crippen molar-refractivity contribution in [3.05, 3.63) is 28.8 Å². The van der Waals surface area contributed by atoms with Crippen molar-refractivity contribution >= 4 is 33.0 Å². The lowest BCUT2D eigenvalue weighted by atomic mass is 10.2. The number of nitrogen functional groups attached to an aromatic ring is 1. The van der Waals surface area contributed by atoms with Gasteiger partial charge in [-0.15, -0.1) is 0 Å². The smallest absolute Gasteiger partial charge is 0.397 e. The van der Waals surface area contributed by atoms with E-state index in [2.05, 4.69) is 4.98 Å². The van der Waals surface area contributed by atoms with E-state index in [1.807, 2.05) is 0 Å². The highest BCUT2D eigenvalue weighted by atomic mass is 32.1. The van der Waals surface area contributed by atoms with Gasteiger partial charge >= 0.3 is 12.4 Å². The number of fused-ring (bicyclic) bond motifs is 3. The third-order valence-electron chi connectivity index (χ3n) is 2.84. The molecule has 2 heterocycles. The van der Waals surface area contributed by atoms with Gasteiger partial charge in [-0.2, -0.15) is 26.3 Å². The summed E-state index contributed by atoms with van der Waals surface area (Å²) in [5.41, 5.74) is 3.85. The first-order valence-corrected chi connectivity index (χ1v) is 6.26. The Bertz CT molecular complexity index is 841. The van der Waals surface area contributed by atoms with Gasteiger partial charge in [-0.05, 0) is 12.1 Å². The molecule has 2 N–H and O–H groups in total. The van der Waals surface area contributed by atoms with E-state index in [0.29, 0.717) is 4.40 Å². The number of aromatic nitrogens is 2. The second kappa shape index (κ2) is 4.03. The largest absolute Gasteiger partial charge is 0.433 e. The van der Waals surface area contributed by atoms with Crippen LogP contribution < -0.4 is 5.73 Å². The Morgan fingerprint density at radius 2 is 1.71 bits per heavy atom. The van der Waals surface area contributed by atoms with Gasteiger partial charge in [-0.3, -0.25) is 4.40 Å². The Hall–Kier alpha value is -1.97. The maximum atomic E-state index is 13.1. The summed E-state index contributed by atoms with van der Waals surface area (Å²) in [4.78, 5) is 1.66. The van der Waals surface area contributed by atoms with E-state index >= 15 is 0 Å². The number of rotatable bonds is 0. The maximum absolute atomic E-state index is 13.1. The first-order valence-electron chi connectivity index (χ1n) is 5.44. The zero-order chi connectivity index (χ0) is 15.6. The molecule has 112 valence electrons. The number of hydrogen-bond donors (Lipinski definition) is 1. The lowest BCUT2D eigenvalue weighted by Gasteiger charge is -2.11. The summed E-state index contributed by atoms with van der Waals surface area (Å²) in [6.45, 7) is 0. The number of hydrogen-bond acceptors (Lipinski definition) is 3. The fourth-order valence-corrected chi connectivity index (χ4v) is 3.09. The van der Waals surface area contributed by atoms with Crippen LogP contribution in [-0.2, 0) is 12.4 Å². The Kier molecular flexibility index (Phi) is 2.68. The number of nitrogens with two attached hydrogens (primary N) is 1. The van der Waals surface area contributed by atoms with E-state index < -0.39 is 27.9 Å². The fourth-order valence-electron chi connectivity index (χ4n) is 2.07. The van der Waals surface area contributed by atoms with Crippen molar-refractivity contribution in [2.24, 2.45) is 0 Å². The van der Waals surface area contributed by atoms with E-state index in [-0.39, 0.29) is 28.1 Å². The van der Waals surface area contributed by atoms with E-state index in [1.54, 1.807) is 0 Å². The molecule has 0 saturated heterocycles. The van der Waals surface area contributed by atoms with Gasteiger partial charge < -0.3 is 5.73 Å². The van der Waals surface area contributed by atoms with Crippen LogP contribution in [0.2, 0.25) is 0 Å². The normalized spacial score (nSPS) is 13.4. The first-order chi connectivity index (χ1) is 9.60. The molecule has 1 aromatic carbocycles. The molecule has 0 spiro atoms. The van der Waals surface area contributed by atoms with Gasteiger partial charge in [-0.1, -0.05) is 17.4 Å². The molecule has 0 unspecified atom stereocenters. The minimum atomic E-state index is -5.17. The summed E-state index contributed by atoms with van der Waals surface area (Å²) in [6, 6.07) is 4.02. The van der Waals surface area contributed by atoms with Gasteiger partial charge in [0.2, 0.25) is 0 Å². The quantitative estimate of drug-likeness (QED) is 0.498. The van der Waals surface area contributed by atoms with Crippen LogP contribution in [0.4, 0.5) is 32.0 Å². The van der Waals surface area contributed by atoms with Crippen molar-refractivity contribution in [3.63, 3.8) is 0 Å². The van der Waals surface area contributed by atoms with Crippen molar-refractivity contribution in [1.82, 2.24) is 9.38 Å². The summed E-state index contributed by atoms with van der Waals surface area (Å²) in [5, 5.41) is 0. The molecule has 0 aliphatic carbocycles. The average molecular weight is 325 g/mol. The zero-order valence-corrected chi connectivity index (χ0v) is 10.7. The Morgan fingerprint density at radius 3 is 2.29 bits per heavy atom.